The number of benzene rings is 1. The lowest BCUT2D eigenvalue weighted by atomic mass is 9.87. The molecule has 0 saturated heterocycles. The lowest BCUT2D eigenvalue weighted by Gasteiger charge is -2.33. The zero-order valence-electron chi connectivity index (χ0n) is 11.9. The summed E-state index contributed by atoms with van der Waals surface area (Å²) in [4.78, 5) is 0. The van der Waals surface area contributed by atoms with E-state index in [1.807, 2.05) is 0 Å². The van der Waals surface area contributed by atoms with Crippen molar-refractivity contribution in [3.63, 3.8) is 0 Å². The van der Waals surface area contributed by atoms with Crippen LogP contribution in [-0.4, -0.2) is 8.07 Å². The lowest BCUT2D eigenvalue weighted by molar-refractivity contribution is 0.623. The fourth-order valence-corrected chi connectivity index (χ4v) is 4.42. The Kier molecular flexibility index (Phi) is 4.31. The summed E-state index contributed by atoms with van der Waals surface area (Å²) < 4.78 is 0. The summed E-state index contributed by atoms with van der Waals surface area (Å²) in [5.74, 6) is 2.18. The van der Waals surface area contributed by atoms with E-state index in [9.17, 15) is 0 Å². The van der Waals surface area contributed by atoms with Crippen molar-refractivity contribution in [1.29, 1.82) is 0 Å². The minimum absolute atomic E-state index is 0.615. The van der Waals surface area contributed by atoms with Crippen LogP contribution >= 0.6 is 0 Å². The van der Waals surface area contributed by atoms with E-state index in [1.54, 1.807) is 11.5 Å². The van der Waals surface area contributed by atoms with Crippen molar-refractivity contribution >= 4 is 8.07 Å². The molecule has 0 spiro atoms. The van der Waals surface area contributed by atoms with Crippen LogP contribution < -0.4 is 0 Å². The Morgan fingerprint density at radius 2 is 1.67 bits per heavy atom. The van der Waals surface area contributed by atoms with Crippen LogP contribution in [0.3, 0.4) is 0 Å². The number of hydrogen-bond acceptors (Lipinski definition) is 0. The highest BCUT2D eigenvalue weighted by Crippen LogP contribution is 2.44. The molecule has 0 aliphatic heterocycles. The second kappa shape index (κ2) is 5.60. The van der Waals surface area contributed by atoms with Crippen LogP contribution in [0.5, 0.6) is 0 Å². The molecule has 1 aliphatic carbocycles. The van der Waals surface area contributed by atoms with Gasteiger partial charge in [-0.25, -0.2) is 0 Å². The van der Waals surface area contributed by atoms with Crippen molar-refractivity contribution in [2.24, 2.45) is 5.92 Å². The monoisotopic (exact) mass is 255 g/mol. The third kappa shape index (κ3) is 3.26. The Bertz CT molecular complexity index is 363. The summed E-state index contributed by atoms with van der Waals surface area (Å²) in [6.45, 7) is 9.65. The summed E-state index contributed by atoms with van der Waals surface area (Å²) in [6, 6.07) is 10.8. The third-order valence-corrected chi connectivity index (χ3v) is 5.64. The van der Waals surface area contributed by atoms with E-state index < -0.39 is 8.07 Å². The van der Waals surface area contributed by atoms with Gasteiger partial charge in [0.2, 0.25) is 0 Å². The maximum atomic E-state index is 2.43. The van der Waals surface area contributed by atoms with Crippen LogP contribution in [0.15, 0.2) is 30.3 Å². The molecule has 18 heavy (non-hydrogen) atoms. The van der Waals surface area contributed by atoms with Crippen molar-refractivity contribution < 1.29 is 0 Å². The maximum Gasteiger partial charge on any atom is 0.0520 e. The van der Waals surface area contributed by atoms with Crippen molar-refractivity contribution in [2.75, 3.05) is 0 Å². The molecule has 2 rings (SSSR count). The quantitative estimate of drug-likeness (QED) is 0.694. The van der Waals surface area contributed by atoms with E-state index in [0.717, 1.165) is 6.42 Å². The van der Waals surface area contributed by atoms with Crippen LogP contribution in [0, 0.1) is 36.6 Å². The van der Waals surface area contributed by atoms with Gasteiger partial charge in [-0.3, -0.25) is 0 Å². The summed E-state index contributed by atoms with van der Waals surface area (Å²) in [6.07, 6.45) is 8.02. The first-order valence-corrected chi connectivity index (χ1v) is 10.3. The molecule has 5 radical (unpaired) electrons. The molecule has 1 atom stereocenters. The molecule has 0 N–H and O–H groups in total. The van der Waals surface area contributed by atoms with E-state index in [4.69, 9.17) is 0 Å². The van der Waals surface area contributed by atoms with Crippen molar-refractivity contribution in [1.82, 2.24) is 0 Å². The standard InChI is InChI=1S/C17H23Si/c1-14(13-15-9-6-5-7-10-15)16-11-8-12-17(16)18(2,3)4/h5-12,14H,13H2,1-4H3/t14-/m0/s1. The topological polar surface area (TPSA) is 0 Å². The Labute approximate surface area is 114 Å². The summed E-state index contributed by atoms with van der Waals surface area (Å²) in [5.41, 5.74) is 3.07. The lowest BCUT2D eigenvalue weighted by Crippen LogP contribution is -2.35. The maximum absolute atomic E-state index is 2.43. The number of rotatable bonds is 4. The van der Waals surface area contributed by atoms with Crippen LogP contribution in [0.1, 0.15) is 12.5 Å². The van der Waals surface area contributed by atoms with Gasteiger partial charge in [-0.2, -0.15) is 0 Å². The van der Waals surface area contributed by atoms with Crippen LogP contribution in [-0.2, 0) is 6.42 Å². The van der Waals surface area contributed by atoms with Crippen LogP contribution in [0.2, 0.25) is 19.6 Å². The Morgan fingerprint density at radius 3 is 2.28 bits per heavy atom. The molecule has 1 aromatic carbocycles. The molecule has 0 nitrogen and oxygen atoms in total. The largest absolute Gasteiger partial charge is 0.0691 e. The summed E-state index contributed by atoms with van der Waals surface area (Å²) >= 11 is 0. The third-order valence-electron chi connectivity index (χ3n) is 3.57. The van der Waals surface area contributed by atoms with Gasteiger partial charge in [-0.15, -0.1) is 0 Å². The van der Waals surface area contributed by atoms with Crippen molar-refractivity contribution in [2.45, 2.75) is 33.0 Å². The van der Waals surface area contributed by atoms with Gasteiger partial charge in [-0.05, 0) is 48.6 Å². The van der Waals surface area contributed by atoms with Gasteiger partial charge < -0.3 is 0 Å². The molecule has 0 unspecified atom stereocenters. The predicted octanol–water partition coefficient (Wildman–Crippen LogP) is 4.52. The van der Waals surface area contributed by atoms with Crippen LogP contribution in [0.4, 0.5) is 0 Å². The molecule has 0 amide bonds. The van der Waals surface area contributed by atoms with Gasteiger partial charge in [0.15, 0.2) is 0 Å². The molecule has 0 heterocycles. The highest BCUT2D eigenvalue weighted by atomic mass is 28.3. The predicted molar refractivity (Wildman–Crippen MR) is 82.0 cm³/mol. The smallest absolute Gasteiger partial charge is 0.0520 e. The highest BCUT2D eigenvalue weighted by molar-refractivity contribution is 6.82. The molecule has 1 heteroatoms. The van der Waals surface area contributed by atoms with Crippen molar-refractivity contribution in [3.05, 3.63) is 66.6 Å². The fourth-order valence-electron chi connectivity index (χ4n) is 2.62. The Morgan fingerprint density at radius 1 is 1.00 bits per heavy atom. The molecule has 1 aliphatic rings. The van der Waals surface area contributed by atoms with Crippen LogP contribution in [0.25, 0.3) is 0 Å². The minimum atomic E-state index is -1.21. The van der Waals surface area contributed by atoms with Gasteiger partial charge in [0.25, 0.3) is 0 Å². The summed E-state index contributed by atoms with van der Waals surface area (Å²) in [7, 11) is -1.21. The van der Waals surface area contributed by atoms with E-state index in [-0.39, 0.29) is 0 Å². The van der Waals surface area contributed by atoms with Gasteiger partial charge >= 0.3 is 0 Å². The van der Waals surface area contributed by atoms with E-state index in [2.05, 4.69) is 76.2 Å². The Hall–Kier alpha value is -0.563. The van der Waals surface area contributed by atoms with Crippen molar-refractivity contribution in [3.8, 4) is 0 Å². The summed E-state index contributed by atoms with van der Waals surface area (Å²) in [5, 5.41) is 0. The SMILES string of the molecule is C[C@@H](Cc1ccccc1)[C]1[CH][CH][CH][C]1[Si](C)(C)C. The normalized spacial score (nSPS) is 20.2. The Balaban J connectivity index is 2.02. The average molecular weight is 255 g/mol. The first-order chi connectivity index (χ1) is 8.48. The molecule has 0 aromatic heterocycles. The average Bonchev–Trinajstić information content (AvgIpc) is 2.79. The molecular formula is C17H23Si. The molecule has 1 fully saturated rings. The van der Waals surface area contributed by atoms with E-state index in [1.165, 1.54) is 5.56 Å². The van der Waals surface area contributed by atoms with Gasteiger partial charge in [0, 0.05) is 0 Å². The van der Waals surface area contributed by atoms with Gasteiger partial charge in [-0.1, -0.05) is 56.9 Å². The molecule has 1 saturated carbocycles. The first-order valence-electron chi connectivity index (χ1n) is 6.78. The van der Waals surface area contributed by atoms with Gasteiger partial charge in [0.05, 0.1) is 8.07 Å². The molecule has 95 valence electrons. The number of hydrogen-bond donors (Lipinski definition) is 0. The fraction of sp³-hybridized carbons (Fsp3) is 0.353. The van der Waals surface area contributed by atoms with Gasteiger partial charge in [0.1, 0.15) is 0 Å². The second-order valence-corrected chi connectivity index (χ2v) is 11.3. The van der Waals surface area contributed by atoms with E-state index in [0.29, 0.717) is 5.92 Å². The zero-order chi connectivity index (χ0) is 13.2. The second-order valence-electron chi connectivity index (χ2n) is 6.24. The molecule has 1 aromatic rings. The highest BCUT2D eigenvalue weighted by Gasteiger charge is 2.40. The minimum Gasteiger partial charge on any atom is -0.0691 e. The first kappa shape index (κ1) is 13.9. The van der Waals surface area contributed by atoms with E-state index >= 15 is 0 Å². The zero-order valence-corrected chi connectivity index (χ0v) is 12.9. The molecule has 0 bridgehead atoms. The molecular weight excluding hydrogens is 232 g/mol.